The number of aromatic nitrogens is 1. The Morgan fingerprint density at radius 1 is 1.26 bits per heavy atom. The Morgan fingerprint density at radius 2 is 1.96 bits per heavy atom. The number of carbonyl (C=O) groups excluding carboxylic acids is 1. The van der Waals surface area contributed by atoms with E-state index in [0.717, 1.165) is 69.8 Å². The summed E-state index contributed by atoms with van der Waals surface area (Å²) in [6.07, 6.45) is 4.63. The number of rotatable bonds is 5. The van der Waals surface area contributed by atoms with Crippen LogP contribution in [0.3, 0.4) is 0 Å². The van der Waals surface area contributed by atoms with Gasteiger partial charge in [0.1, 0.15) is 11.9 Å². The van der Waals surface area contributed by atoms with Crippen LogP contribution in [0, 0.1) is 29.1 Å². The first-order chi connectivity index (χ1) is 13.0. The third kappa shape index (κ3) is 5.43. The Labute approximate surface area is 162 Å². The van der Waals surface area contributed by atoms with E-state index in [1.54, 1.807) is 12.3 Å². The molecule has 0 unspecified atom stereocenters. The zero-order valence-electron chi connectivity index (χ0n) is 16.5. The molecule has 2 saturated heterocycles. The highest BCUT2D eigenvalue weighted by atomic mass is 16.1. The second-order valence-corrected chi connectivity index (χ2v) is 8.27. The van der Waals surface area contributed by atoms with Crippen LogP contribution in [0.4, 0.5) is 5.82 Å². The Morgan fingerprint density at radius 3 is 2.56 bits per heavy atom. The monoisotopic (exact) mass is 369 g/mol. The molecule has 6 heteroatoms. The van der Waals surface area contributed by atoms with E-state index in [-0.39, 0.29) is 11.8 Å². The number of nitriles is 1. The second-order valence-electron chi connectivity index (χ2n) is 8.27. The summed E-state index contributed by atoms with van der Waals surface area (Å²) in [5, 5.41) is 12.0. The van der Waals surface area contributed by atoms with Gasteiger partial charge in [0, 0.05) is 51.4 Å². The van der Waals surface area contributed by atoms with Crippen molar-refractivity contribution in [1.82, 2.24) is 15.2 Å². The van der Waals surface area contributed by atoms with Gasteiger partial charge in [0.15, 0.2) is 0 Å². The second kappa shape index (κ2) is 9.18. The first kappa shape index (κ1) is 19.6. The van der Waals surface area contributed by atoms with Crippen LogP contribution in [-0.4, -0.2) is 55.1 Å². The summed E-state index contributed by atoms with van der Waals surface area (Å²) in [6, 6.07) is 5.77. The van der Waals surface area contributed by atoms with Crippen molar-refractivity contribution in [2.75, 3.05) is 44.2 Å². The predicted octanol–water partition coefficient (Wildman–Crippen LogP) is 2.26. The van der Waals surface area contributed by atoms with Gasteiger partial charge in [0.2, 0.25) is 5.91 Å². The van der Waals surface area contributed by atoms with Crippen LogP contribution in [-0.2, 0) is 4.79 Å². The van der Waals surface area contributed by atoms with Crippen LogP contribution < -0.4 is 10.2 Å². The zero-order chi connectivity index (χ0) is 19.2. The number of piperidine rings is 2. The van der Waals surface area contributed by atoms with E-state index in [4.69, 9.17) is 5.26 Å². The Kier molecular flexibility index (Phi) is 6.68. The van der Waals surface area contributed by atoms with Gasteiger partial charge in [-0.2, -0.15) is 5.26 Å². The molecule has 2 aliphatic rings. The third-order valence-electron chi connectivity index (χ3n) is 5.74. The number of nitrogens with one attached hydrogen (secondary N) is 1. The van der Waals surface area contributed by atoms with Crippen LogP contribution in [0.5, 0.6) is 0 Å². The molecule has 0 spiro atoms. The van der Waals surface area contributed by atoms with Gasteiger partial charge in [0.25, 0.3) is 0 Å². The number of pyridine rings is 1. The summed E-state index contributed by atoms with van der Waals surface area (Å²) in [5.74, 6) is 2.69. The van der Waals surface area contributed by atoms with Gasteiger partial charge in [-0.15, -0.1) is 0 Å². The largest absolute Gasteiger partial charge is 0.357 e. The fourth-order valence-corrected chi connectivity index (χ4v) is 4.47. The molecule has 1 aromatic heterocycles. The average Bonchev–Trinajstić information content (AvgIpc) is 2.67. The molecule has 6 nitrogen and oxygen atoms in total. The van der Waals surface area contributed by atoms with E-state index in [9.17, 15) is 4.79 Å². The fourth-order valence-electron chi connectivity index (χ4n) is 4.47. The quantitative estimate of drug-likeness (QED) is 0.862. The molecule has 1 amide bonds. The van der Waals surface area contributed by atoms with E-state index in [1.165, 1.54) is 6.42 Å². The van der Waals surface area contributed by atoms with E-state index in [1.807, 2.05) is 6.07 Å². The van der Waals surface area contributed by atoms with Crippen molar-refractivity contribution in [3.05, 3.63) is 23.9 Å². The molecule has 0 radical (unpaired) electrons. The molecule has 27 heavy (non-hydrogen) atoms. The highest BCUT2D eigenvalue weighted by molar-refractivity contribution is 5.78. The molecular formula is C21H31N5O. The van der Waals surface area contributed by atoms with Crippen LogP contribution >= 0.6 is 0 Å². The molecule has 1 N–H and O–H groups in total. The number of carbonyl (C=O) groups is 1. The standard InChI is InChI=1S/C21H31N5O/c1-16-11-17(2)15-25(14-16)10-7-23-21(27)19-5-8-26(9-6-19)20-4-3-18(12-22)13-24-20/h3-4,13,16-17,19H,5-11,14-15H2,1-2H3,(H,23,27)/t16-,17+. The Balaban J connectivity index is 1.38. The van der Waals surface area contributed by atoms with Crippen molar-refractivity contribution >= 4 is 11.7 Å². The van der Waals surface area contributed by atoms with Gasteiger partial charge in [-0.05, 0) is 43.2 Å². The molecule has 0 bridgehead atoms. The molecule has 2 fully saturated rings. The first-order valence-electron chi connectivity index (χ1n) is 10.2. The third-order valence-corrected chi connectivity index (χ3v) is 5.74. The highest BCUT2D eigenvalue weighted by Gasteiger charge is 2.26. The van der Waals surface area contributed by atoms with E-state index < -0.39 is 0 Å². The number of nitrogens with zero attached hydrogens (tertiary/aromatic N) is 4. The summed E-state index contributed by atoms with van der Waals surface area (Å²) in [6.45, 7) is 10.3. The van der Waals surface area contributed by atoms with E-state index >= 15 is 0 Å². The molecule has 0 aliphatic carbocycles. The van der Waals surface area contributed by atoms with Crippen molar-refractivity contribution in [1.29, 1.82) is 5.26 Å². The molecule has 3 heterocycles. The molecule has 2 atom stereocenters. The lowest BCUT2D eigenvalue weighted by atomic mass is 9.92. The van der Waals surface area contributed by atoms with Gasteiger partial charge in [-0.1, -0.05) is 13.8 Å². The molecule has 2 aliphatic heterocycles. The maximum Gasteiger partial charge on any atom is 0.223 e. The van der Waals surface area contributed by atoms with Crippen molar-refractivity contribution in [3.63, 3.8) is 0 Å². The van der Waals surface area contributed by atoms with Crippen molar-refractivity contribution in [3.8, 4) is 6.07 Å². The van der Waals surface area contributed by atoms with Crippen LogP contribution in [0.2, 0.25) is 0 Å². The number of likely N-dealkylation sites (tertiary alicyclic amines) is 1. The summed E-state index contributed by atoms with van der Waals surface area (Å²) >= 11 is 0. The summed E-state index contributed by atoms with van der Waals surface area (Å²) in [5.41, 5.74) is 0.575. The summed E-state index contributed by atoms with van der Waals surface area (Å²) < 4.78 is 0. The summed E-state index contributed by atoms with van der Waals surface area (Å²) in [4.78, 5) is 21.5. The number of hydrogen-bond acceptors (Lipinski definition) is 5. The maximum atomic E-state index is 12.5. The smallest absolute Gasteiger partial charge is 0.223 e. The molecule has 1 aromatic rings. The minimum absolute atomic E-state index is 0.0961. The minimum atomic E-state index is 0.0961. The van der Waals surface area contributed by atoms with Crippen LogP contribution in [0.15, 0.2) is 18.3 Å². The molecule has 0 aromatic carbocycles. The van der Waals surface area contributed by atoms with E-state index in [2.05, 4.69) is 40.0 Å². The fraction of sp³-hybridized carbons (Fsp3) is 0.667. The first-order valence-corrected chi connectivity index (χ1v) is 10.2. The Hall–Kier alpha value is -2.13. The highest BCUT2D eigenvalue weighted by Crippen LogP contribution is 2.22. The van der Waals surface area contributed by atoms with Gasteiger partial charge < -0.3 is 15.1 Å². The van der Waals surface area contributed by atoms with Gasteiger partial charge in [-0.3, -0.25) is 4.79 Å². The minimum Gasteiger partial charge on any atom is -0.357 e. The lowest BCUT2D eigenvalue weighted by Gasteiger charge is -2.35. The number of amides is 1. The van der Waals surface area contributed by atoms with Gasteiger partial charge in [-0.25, -0.2) is 4.98 Å². The molecule has 146 valence electrons. The van der Waals surface area contributed by atoms with Crippen LogP contribution in [0.25, 0.3) is 0 Å². The average molecular weight is 370 g/mol. The van der Waals surface area contributed by atoms with Crippen molar-refractivity contribution in [2.24, 2.45) is 17.8 Å². The SMILES string of the molecule is C[C@@H]1C[C@H](C)CN(CCNC(=O)C2CCN(c3ccc(C#N)cn3)CC2)C1. The van der Waals surface area contributed by atoms with Crippen molar-refractivity contribution in [2.45, 2.75) is 33.1 Å². The summed E-state index contributed by atoms with van der Waals surface area (Å²) in [7, 11) is 0. The number of anilines is 1. The predicted molar refractivity (Wildman–Crippen MR) is 106 cm³/mol. The zero-order valence-corrected chi connectivity index (χ0v) is 16.5. The normalized spacial score (nSPS) is 24.4. The number of hydrogen-bond donors (Lipinski definition) is 1. The van der Waals surface area contributed by atoms with Crippen LogP contribution in [0.1, 0.15) is 38.7 Å². The van der Waals surface area contributed by atoms with Crippen molar-refractivity contribution < 1.29 is 4.79 Å². The Bertz CT molecular complexity index is 650. The topological polar surface area (TPSA) is 72.3 Å². The lowest BCUT2D eigenvalue weighted by Crippen LogP contribution is -2.45. The molecule has 0 saturated carbocycles. The molecule has 3 rings (SSSR count). The van der Waals surface area contributed by atoms with Gasteiger partial charge in [0.05, 0.1) is 5.56 Å². The van der Waals surface area contributed by atoms with Gasteiger partial charge >= 0.3 is 0 Å². The molecular weight excluding hydrogens is 338 g/mol. The van der Waals surface area contributed by atoms with E-state index in [0.29, 0.717) is 5.56 Å². The lowest BCUT2D eigenvalue weighted by molar-refractivity contribution is -0.125. The maximum absolute atomic E-state index is 12.5.